The van der Waals surface area contributed by atoms with E-state index in [2.05, 4.69) is 20.0 Å². The molecule has 2 aromatic heterocycles. The molecule has 2 aliphatic rings. The summed E-state index contributed by atoms with van der Waals surface area (Å²) in [6, 6.07) is 0. The topological polar surface area (TPSA) is 110 Å². The van der Waals surface area contributed by atoms with Crippen molar-refractivity contribution in [3.8, 4) is 0 Å². The van der Waals surface area contributed by atoms with Crippen molar-refractivity contribution < 1.29 is 0 Å². The lowest BCUT2D eigenvalue weighted by atomic mass is 10.1. The second-order valence-electron chi connectivity index (χ2n) is 6.63. The van der Waals surface area contributed by atoms with Crippen LogP contribution >= 0.6 is 0 Å². The zero-order valence-corrected chi connectivity index (χ0v) is 13.9. The van der Waals surface area contributed by atoms with Crippen molar-refractivity contribution in [3.05, 3.63) is 0 Å². The Bertz CT molecular complexity index is 672. The maximum Gasteiger partial charge on any atom is 0.174 e. The maximum absolute atomic E-state index is 5.99. The number of fused-ring (bicyclic) bond motifs is 1. The summed E-state index contributed by atoms with van der Waals surface area (Å²) in [4.78, 5) is 14.4. The van der Waals surface area contributed by atoms with E-state index in [1.807, 2.05) is 0 Å². The van der Waals surface area contributed by atoms with Gasteiger partial charge in [0, 0.05) is 26.2 Å². The highest BCUT2D eigenvalue weighted by Crippen LogP contribution is 2.33. The van der Waals surface area contributed by atoms with Crippen molar-refractivity contribution in [2.24, 2.45) is 0 Å². The molecule has 24 heavy (non-hydrogen) atoms. The third kappa shape index (κ3) is 2.65. The van der Waals surface area contributed by atoms with Crippen LogP contribution in [-0.4, -0.2) is 46.3 Å². The molecule has 0 spiro atoms. The molecule has 4 heterocycles. The monoisotopic (exact) mass is 328 g/mol. The number of nitrogens with zero attached hydrogens (tertiary/aromatic N) is 6. The summed E-state index contributed by atoms with van der Waals surface area (Å²) in [6.45, 7) is 4.04. The Morgan fingerprint density at radius 3 is 1.33 bits per heavy atom. The predicted molar refractivity (Wildman–Crippen MR) is 96.1 cm³/mol. The van der Waals surface area contributed by atoms with E-state index in [-0.39, 0.29) is 11.6 Å². The average Bonchev–Trinajstić information content (AvgIpc) is 2.65. The zero-order chi connectivity index (χ0) is 16.5. The van der Waals surface area contributed by atoms with E-state index in [1.165, 1.54) is 38.5 Å². The number of piperidine rings is 2. The Morgan fingerprint density at radius 2 is 0.958 bits per heavy atom. The highest BCUT2D eigenvalue weighted by molar-refractivity contribution is 5.93. The molecule has 0 aliphatic carbocycles. The van der Waals surface area contributed by atoms with E-state index in [0.717, 1.165) is 37.8 Å². The fourth-order valence-electron chi connectivity index (χ4n) is 3.61. The first kappa shape index (κ1) is 15.2. The van der Waals surface area contributed by atoms with E-state index >= 15 is 0 Å². The molecule has 4 rings (SSSR count). The Balaban J connectivity index is 1.87. The molecule has 0 radical (unpaired) electrons. The maximum atomic E-state index is 5.99. The Hall–Kier alpha value is -2.38. The number of anilines is 4. The number of nitrogen functional groups attached to an aromatic ring is 2. The fourth-order valence-corrected chi connectivity index (χ4v) is 3.61. The lowest BCUT2D eigenvalue weighted by Gasteiger charge is -2.34. The minimum atomic E-state index is 0.287. The first-order valence-electron chi connectivity index (χ1n) is 8.83. The number of aromatic nitrogens is 4. The van der Waals surface area contributed by atoms with Crippen LogP contribution in [0, 0.1) is 0 Å². The summed E-state index contributed by atoms with van der Waals surface area (Å²) in [7, 11) is 0. The molecular weight excluding hydrogens is 304 g/mol. The van der Waals surface area contributed by atoms with E-state index in [9.17, 15) is 0 Å². The van der Waals surface area contributed by atoms with Gasteiger partial charge in [0.25, 0.3) is 0 Å². The molecular formula is C16H24N8. The molecule has 2 aliphatic heterocycles. The van der Waals surface area contributed by atoms with Gasteiger partial charge in [0.15, 0.2) is 23.3 Å². The van der Waals surface area contributed by atoms with Crippen LogP contribution in [0.5, 0.6) is 0 Å². The molecule has 2 saturated heterocycles. The molecule has 0 saturated carbocycles. The van der Waals surface area contributed by atoms with Gasteiger partial charge in [-0.2, -0.15) is 0 Å². The van der Waals surface area contributed by atoms with E-state index in [4.69, 9.17) is 21.4 Å². The van der Waals surface area contributed by atoms with Crippen LogP contribution in [0.25, 0.3) is 11.0 Å². The summed E-state index contributed by atoms with van der Waals surface area (Å²) in [5.74, 6) is 2.41. The van der Waals surface area contributed by atoms with E-state index in [0.29, 0.717) is 11.0 Å². The van der Waals surface area contributed by atoms with E-state index in [1.54, 1.807) is 0 Å². The van der Waals surface area contributed by atoms with Crippen LogP contribution in [0.15, 0.2) is 0 Å². The molecule has 128 valence electrons. The summed E-state index contributed by atoms with van der Waals surface area (Å²) in [5, 5.41) is 7.81. The summed E-state index contributed by atoms with van der Waals surface area (Å²) < 4.78 is 0. The van der Waals surface area contributed by atoms with Crippen LogP contribution in [0.4, 0.5) is 23.3 Å². The third-order valence-electron chi connectivity index (χ3n) is 4.92. The lowest BCUT2D eigenvalue weighted by molar-refractivity contribution is 0.559. The molecule has 0 bridgehead atoms. The SMILES string of the molecule is Nc1nnc(N)c2nc(N3CCCCC3)c(N3CCCCC3)nc12. The molecule has 2 aromatic rings. The Morgan fingerprint density at radius 1 is 0.583 bits per heavy atom. The quantitative estimate of drug-likeness (QED) is 0.854. The predicted octanol–water partition coefficient (Wildman–Crippen LogP) is 1.56. The van der Waals surface area contributed by atoms with Gasteiger partial charge >= 0.3 is 0 Å². The first-order chi connectivity index (χ1) is 11.7. The van der Waals surface area contributed by atoms with Crippen molar-refractivity contribution in [2.45, 2.75) is 38.5 Å². The van der Waals surface area contributed by atoms with Gasteiger partial charge in [-0.3, -0.25) is 0 Å². The Labute approximate surface area is 141 Å². The zero-order valence-electron chi connectivity index (χ0n) is 13.9. The highest BCUT2D eigenvalue weighted by Gasteiger charge is 2.25. The molecule has 0 unspecified atom stereocenters. The normalized spacial score (nSPS) is 19.0. The second kappa shape index (κ2) is 6.26. The summed E-state index contributed by atoms with van der Waals surface area (Å²) >= 11 is 0. The van der Waals surface area contributed by atoms with Gasteiger partial charge in [0.05, 0.1) is 0 Å². The largest absolute Gasteiger partial charge is 0.380 e. The fraction of sp³-hybridized carbons (Fsp3) is 0.625. The van der Waals surface area contributed by atoms with Gasteiger partial charge in [-0.25, -0.2) is 9.97 Å². The number of nitrogens with two attached hydrogens (primary N) is 2. The Kier molecular flexibility index (Phi) is 3.95. The first-order valence-corrected chi connectivity index (χ1v) is 8.83. The van der Waals surface area contributed by atoms with Gasteiger partial charge in [-0.05, 0) is 38.5 Å². The second-order valence-corrected chi connectivity index (χ2v) is 6.63. The van der Waals surface area contributed by atoms with Gasteiger partial charge in [-0.15, -0.1) is 10.2 Å². The molecule has 0 amide bonds. The molecule has 8 nitrogen and oxygen atoms in total. The minimum absolute atomic E-state index is 0.287. The summed E-state index contributed by atoms with van der Waals surface area (Å²) in [5.41, 5.74) is 13.1. The van der Waals surface area contributed by atoms with Gasteiger partial charge in [0.1, 0.15) is 11.0 Å². The van der Waals surface area contributed by atoms with Crippen LogP contribution in [0.1, 0.15) is 38.5 Å². The highest BCUT2D eigenvalue weighted by atomic mass is 15.3. The van der Waals surface area contributed by atoms with Crippen molar-refractivity contribution >= 4 is 34.3 Å². The van der Waals surface area contributed by atoms with Crippen molar-refractivity contribution in [3.63, 3.8) is 0 Å². The lowest BCUT2D eigenvalue weighted by Crippen LogP contribution is -2.36. The smallest absolute Gasteiger partial charge is 0.174 e. The molecule has 0 aromatic carbocycles. The average molecular weight is 328 g/mol. The van der Waals surface area contributed by atoms with Crippen LogP contribution in [0.2, 0.25) is 0 Å². The van der Waals surface area contributed by atoms with Crippen LogP contribution in [-0.2, 0) is 0 Å². The van der Waals surface area contributed by atoms with Crippen LogP contribution in [0.3, 0.4) is 0 Å². The molecule has 4 N–H and O–H groups in total. The van der Waals surface area contributed by atoms with Gasteiger partial charge < -0.3 is 21.3 Å². The van der Waals surface area contributed by atoms with Crippen molar-refractivity contribution in [2.75, 3.05) is 47.4 Å². The molecule has 0 atom stereocenters. The molecule has 2 fully saturated rings. The summed E-state index contributed by atoms with van der Waals surface area (Å²) in [6.07, 6.45) is 7.29. The number of rotatable bonds is 2. The van der Waals surface area contributed by atoms with Gasteiger partial charge in [0.2, 0.25) is 0 Å². The van der Waals surface area contributed by atoms with Gasteiger partial charge in [-0.1, -0.05) is 0 Å². The van der Waals surface area contributed by atoms with Crippen molar-refractivity contribution in [1.29, 1.82) is 0 Å². The van der Waals surface area contributed by atoms with Crippen molar-refractivity contribution in [1.82, 2.24) is 20.2 Å². The van der Waals surface area contributed by atoms with E-state index < -0.39 is 0 Å². The number of hydrogen-bond donors (Lipinski definition) is 2. The minimum Gasteiger partial charge on any atom is -0.380 e. The standard InChI is InChI=1S/C16H24N8/c17-13-11-12(14(18)22-21-13)20-16(24-9-5-2-6-10-24)15(19-11)23-7-3-1-4-8-23/h1-10H2,(H2,17,21)(H2,18,22). The third-order valence-corrected chi connectivity index (χ3v) is 4.92. The number of hydrogen-bond acceptors (Lipinski definition) is 8. The molecule has 8 heteroatoms. The van der Waals surface area contributed by atoms with Crippen LogP contribution < -0.4 is 21.3 Å².